The van der Waals surface area contributed by atoms with E-state index in [0.717, 1.165) is 6.26 Å². The molecule has 0 amide bonds. The summed E-state index contributed by atoms with van der Waals surface area (Å²) in [4.78, 5) is 0.128. The molecule has 6 heteroatoms. The van der Waals surface area contributed by atoms with Gasteiger partial charge in [0.1, 0.15) is 0 Å². The van der Waals surface area contributed by atoms with Gasteiger partial charge in [-0.15, -0.1) is 0 Å². The number of sulfone groups is 1. The SMILES string of the molecule is Cc1c(B(O)O)cccc1S(C)(=O)=O. The molecule has 0 spiro atoms. The first-order chi connectivity index (χ1) is 6.34. The van der Waals surface area contributed by atoms with Crippen LogP contribution in [-0.4, -0.2) is 31.8 Å². The summed E-state index contributed by atoms with van der Waals surface area (Å²) in [6, 6.07) is 4.41. The predicted molar refractivity (Wildman–Crippen MR) is 54.1 cm³/mol. The summed E-state index contributed by atoms with van der Waals surface area (Å²) in [5.41, 5.74) is 0.595. The molecule has 4 nitrogen and oxygen atoms in total. The van der Waals surface area contributed by atoms with E-state index in [1.807, 2.05) is 0 Å². The average Bonchev–Trinajstić information content (AvgIpc) is 2.01. The van der Waals surface area contributed by atoms with E-state index in [0.29, 0.717) is 5.56 Å². The highest BCUT2D eigenvalue weighted by atomic mass is 32.2. The maximum Gasteiger partial charge on any atom is 0.488 e. The van der Waals surface area contributed by atoms with Crippen LogP contribution in [0.1, 0.15) is 5.56 Å². The van der Waals surface area contributed by atoms with Gasteiger partial charge in [-0.3, -0.25) is 0 Å². The molecule has 2 N–H and O–H groups in total. The third-order valence-corrected chi connectivity index (χ3v) is 3.24. The lowest BCUT2D eigenvalue weighted by atomic mass is 9.77. The average molecular weight is 214 g/mol. The Morgan fingerprint density at radius 2 is 1.86 bits per heavy atom. The molecule has 0 atom stereocenters. The number of rotatable bonds is 2. The fraction of sp³-hybridized carbons (Fsp3) is 0.250. The van der Waals surface area contributed by atoms with Gasteiger partial charge in [0.15, 0.2) is 9.84 Å². The first kappa shape index (κ1) is 11.2. The van der Waals surface area contributed by atoms with Gasteiger partial charge < -0.3 is 10.0 Å². The molecule has 76 valence electrons. The Balaban J connectivity index is 3.43. The Kier molecular flexibility index (Phi) is 2.99. The van der Waals surface area contributed by atoms with Gasteiger partial charge in [-0.05, 0) is 24.0 Å². The minimum Gasteiger partial charge on any atom is -0.423 e. The molecule has 1 rings (SSSR count). The van der Waals surface area contributed by atoms with Crippen molar-refractivity contribution in [3.8, 4) is 0 Å². The van der Waals surface area contributed by atoms with Crippen LogP contribution in [0.4, 0.5) is 0 Å². The Morgan fingerprint density at radius 1 is 1.29 bits per heavy atom. The summed E-state index contributed by atoms with van der Waals surface area (Å²) in [5, 5.41) is 17.9. The van der Waals surface area contributed by atoms with Crippen LogP contribution in [0.15, 0.2) is 23.1 Å². The summed E-state index contributed by atoms with van der Waals surface area (Å²) in [5.74, 6) is 0. The smallest absolute Gasteiger partial charge is 0.423 e. The summed E-state index contributed by atoms with van der Waals surface area (Å²) >= 11 is 0. The summed E-state index contributed by atoms with van der Waals surface area (Å²) in [7, 11) is -4.95. The zero-order valence-corrected chi connectivity index (χ0v) is 8.75. The lowest BCUT2D eigenvalue weighted by Crippen LogP contribution is -2.33. The first-order valence-corrected chi connectivity index (χ1v) is 5.89. The van der Waals surface area contributed by atoms with E-state index in [1.54, 1.807) is 6.92 Å². The van der Waals surface area contributed by atoms with Gasteiger partial charge in [0.2, 0.25) is 0 Å². The van der Waals surface area contributed by atoms with Gasteiger partial charge in [-0.25, -0.2) is 8.42 Å². The quantitative estimate of drug-likeness (QED) is 0.624. The molecule has 0 aliphatic carbocycles. The van der Waals surface area contributed by atoms with Crippen molar-refractivity contribution in [2.45, 2.75) is 11.8 Å². The van der Waals surface area contributed by atoms with Gasteiger partial charge in [-0.1, -0.05) is 12.1 Å². The highest BCUT2D eigenvalue weighted by Gasteiger charge is 2.19. The van der Waals surface area contributed by atoms with Gasteiger partial charge in [0, 0.05) is 6.26 Å². The summed E-state index contributed by atoms with van der Waals surface area (Å²) in [6.07, 6.45) is 1.09. The predicted octanol–water partition coefficient (Wildman–Crippen LogP) is -0.922. The topological polar surface area (TPSA) is 74.6 Å². The Hall–Kier alpha value is -0.845. The van der Waals surface area contributed by atoms with E-state index in [9.17, 15) is 8.42 Å². The third kappa shape index (κ3) is 2.15. The van der Waals surface area contributed by atoms with Crippen LogP contribution in [0.25, 0.3) is 0 Å². The zero-order valence-electron chi connectivity index (χ0n) is 7.93. The van der Waals surface area contributed by atoms with Crippen molar-refractivity contribution in [3.05, 3.63) is 23.8 Å². The minimum absolute atomic E-state index is 0.128. The van der Waals surface area contributed by atoms with Crippen LogP contribution >= 0.6 is 0 Å². The highest BCUT2D eigenvalue weighted by Crippen LogP contribution is 2.12. The van der Waals surface area contributed by atoms with Crippen molar-refractivity contribution in [1.29, 1.82) is 0 Å². The van der Waals surface area contributed by atoms with Crippen molar-refractivity contribution >= 4 is 22.4 Å². The summed E-state index contributed by atoms with van der Waals surface area (Å²) in [6.45, 7) is 1.55. The van der Waals surface area contributed by atoms with E-state index in [-0.39, 0.29) is 10.4 Å². The normalized spacial score (nSPS) is 11.4. The van der Waals surface area contributed by atoms with E-state index < -0.39 is 17.0 Å². The van der Waals surface area contributed by atoms with Gasteiger partial charge in [0.25, 0.3) is 0 Å². The summed E-state index contributed by atoms with van der Waals surface area (Å²) < 4.78 is 22.5. The molecule has 0 bridgehead atoms. The van der Waals surface area contributed by atoms with Gasteiger partial charge >= 0.3 is 7.12 Å². The van der Waals surface area contributed by atoms with Crippen LogP contribution in [0, 0.1) is 6.92 Å². The molecule has 1 aromatic rings. The molecule has 0 radical (unpaired) electrons. The third-order valence-electron chi connectivity index (χ3n) is 2.00. The molecule has 0 aliphatic rings. The number of hydrogen-bond acceptors (Lipinski definition) is 4. The Morgan fingerprint density at radius 3 is 2.29 bits per heavy atom. The Bertz CT molecular complexity index is 439. The highest BCUT2D eigenvalue weighted by molar-refractivity contribution is 7.90. The Labute approximate surface area is 83.3 Å². The van der Waals surface area contributed by atoms with Gasteiger partial charge in [0.05, 0.1) is 4.90 Å². The van der Waals surface area contributed by atoms with Crippen molar-refractivity contribution in [1.82, 2.24) is 0 Å². The standard InChI is InChI=1S/C8H11BO4S/c1-6-7(9(10)11)4-3-5-8(6)14(2,12)13/h3-5,10-11H,1-2H3. The largest absolute Gasteiger partial charge is 0.488 e. The molecular weight excluding hydrogens is 203 g/mol. The van der Waals surface area contributed by atoms with Crippen molar-refractivity contribution in [3.63, 3.8) is 0 Å². The van der Waals surface area contributed by atoms with E-state index in [4.69, 9.17) is 10.0 Å². The lowest BCUT2D eigenvalue weighted by molar-refractivity contribution is 0.425. The molecule has 0 unspecified atom stereocenters. The number of benzene rings is 1. The first-order valence-electron chi connectivity index (χ1n) is 3.99. The molecule has 0 aliphatic heterocycles. The van der Waals surface area contributed by atoms with Crippen molar-refractivity contribution in [2.24, 2.45) is 0 Å². The molecule has 14 heavy (non-hydrogen) atoms. The van der Waals surface area contributed by atoms with Crippen LogP contribution in [-0.2, 0) is 9.84 Å². The van der Waals surface area contributed by atoms with Crippen molar-refractivity contribution < 1.29 is 18.5 Å². The monoisotopic (exact) mass is 214 g/mol. The van der Waals surface area contributed by atoms with Crippen LogP contribution < -0.4 is 5.46 Å². The lowest BCUT2D eigenvalue weighted by Gasteiger charge is -2.08. The second-order valence-corrected chi connectivity index (χ2v) is 5.10. The molecule has 0 aromatic heterocycles. The zero-order chi connectivity index (χ0) is 10.9. The number of hydrogen-bond donors (Lipinski definition) is 2. The molecule has 0 saturated heterocycles. The van der Waals surface area contributed by atoms with E-state index in [1.165, 1.54) is 18.2 Å². The van der Waals surface area contributed by atoms with Crippen LogP contribution in [0.2, 0.25) is 0 Å². The maximum atomic E-state index is 11.3. The molecule has 0 fully saturated rings. The van der Waals surface area contributed by atoms with Gasteiger partial charge in [-0.2, -0.15) is 0 Å². The second kappa shape index (κ2) is 3.72. The van der Waals surface area contributed by atoms with E-state index in [2.05, 4.69) is 0 Å². The second-order valence-electron chi connectivity index (χ2n) is 3.12. The molecular formula is C8H11BO4S. The fourth-order valence-electron chi connectivity index (χ4n) is 1.31. The minimum atomic E-state index is -3.31. The molecule has 0 saturated carbocycles. The molecule has 0 heterocycles. The van der Waals surface area contributed by atoms with Crippen molar-refractivity contribution in [2.75, 3.05) is 6.26 Å². The maximum absolute atomic E-state index is 11.3. The van der Waals surface area contributed by atoms with E-state index >= 15 is 0 Å². The fourth-order valence-corrected chi connectivity index (χ4v) is 2.31. The molecule has 1 aromatic carbocycles. The van der Waals surface area contributed by atoms with Crippen LogP contribution in [0.5, 0.6) is 0 Å². The van der Waals surface area contributed by atoms with Crippen LogP contribution in [0.3, 0.4) is 0 Å².